The Morgan fingerprint density at radius 2 is 2.13 bits per heavy atom. The average molecular weight is 318 g/mol. The van der Waals surface area contributed by atoms with E-state index in [1.165, 1.54) is 0 Å². The van der Waals surface area contributed by atoms with E-state index in [0.717, 1.165) is 18.4 Å². The summed E-state index contributed by atoms with van der Waals surface area (Å²) in [5.74, 6) is 0.0814. The third-order valence-electron chi connectivity index (χ3n) is 4.44. The Bertz CT molecular complexity index is 556. The van der Waals surface area contributed by atoms with Gasteiger partial charge in [0.1, 0.15) is 5.82 Å². The molecular weight excluding hydrogens is 292 g/mol. The van der Waals surface area contributed by atoms with Gasteiger partial charge in [-0.2, -0.15) is 0 Å². The van der Waals surface area contributed by atoms with Gasteiger partial charge in [-0.15, -0.1) is 0 Å². The molecule has 0 saturated carbocycles. The van der Waals surface area contributed by atoms with Gasteiger partial charge in [-0.3, -0.25) is 9.59 Å². The number of hydrogen-bond acceptors (Lipinski definition) is 4. The molecule has 0 aliphatic carbocycles. The minimum Gasteiger partial charge on any atom is -0.342 e. The quantitative estimate of drug-likeness (QED) is 0.881. The van der Waals surface area contributed by atoms with Crippen molar-refractivity contribution in [1.29, 1.82) is 0 Å². The maximum atomic E-state index is 12.4. The molecule has 3 atom stereocenters. The maximum absolute atomic E-state index is 12.4. The van der Waals surface area contributed by atoms with Gasteiger partial charge in [-0.25, -0.2) is 4.98 Å². The van der Waals surface area contributed by atoms with Gasteiger partial charge in [0, 0.05) is 25.3 Å². The Balaban J connectivity index is 1.96. The van der Waals surface area contributed by atoms with Crippen molar-refractivity contribution >= 4 is 17.6 Å². The summed E-state index contributed by atoms with van der Waals surface area (Å²) in [5, 5.41) is 2.84. The lowest BCUT2D eigenvalue weighted by Crippen LogP contribution is -2.48. The molecule has 1 fully saturated rings. The molecule has 1 aliphatic rings. The molecule has 0 bridgehead atoms. The third kappa shape index (κ3) is 4.51. The average Bonchev–Trinajstić information content (AvgIpc) is 2.55. The number of carbonyl (C=O) groups is 2. The number of nitrogens with zero attached hydrogens (tertiary/aromatic N) is 2. The standard InChI is InChI=1S/C17H26N4O2/c1-11-6-7-15(19-9-11)20-16(22)14-5-4-8-21(10-14)17(23)12(2)13(3)18/h6-7,9,12-14H,4-5,8,10,18H2,1-3H3,(H,19,20,22). The van der Waals surface area contributed by atoms with Gasteiger partial charge < -0.3 is 16.0 Å². The summed E-state index contributed by atoms with van der Waals surface area (Å²) in [6.45, 7) is 6.77. The highest BCUT2D eigenvalue weighted by Crippen LogP contribution is 2.20. The normalized spacial score (nSPS) is 20.7. The minimum absolute atomic E-state index is 0.0333. The number of hydrogen-bond donors (Lipinski definition) is 2. The second-order valence-corrected chi connectivity index (χ2v) is 6.48. The first-order valence-corrected chi connectivity index (χ1v) is 8.16. The first-order valence-electron chi connectivity index (χ1n) is 8.16. The number of likely N-dealkylation sites (tertiary alicyclic amines) is 1. The largest absolute Gasteiger partial charge is 0.342 e. The van der Waals surface area contributed by atoms with Crippen molar-refractivity contribution in [3.05, 3.63) is 23.9 Å². The van der Waals surface area contributed by atoms with Crippen LogP contribution in [-0.2, 0) is 9.59 Å². The van der Waals surface area contributed by atoms with E-state index in [4.69, 9.17) is 5.73 Å². The molecule has 2 heterocycles. The predicted octanol–water partition coefficient (Wildman–Crippen LogP) is 1.55. The number of piperidine rings is 1. The van der Waals surface area contributed by atoms with E-state index in [1.54, 1.807) is 17.2 Å². The monoisotopic (exact) mass is 318 g/mol. The molecule has 3 unspecified atom stereocenters. The second kappa shape index (κ2) is 7.55. The van der Waals surface area contributed by atoms with Crippen molar-refractivity contribution in [2.24, 2.45) is 17.6 Å². The predicted molar refractivity (Wildman–Crippen MR) is 89.7 cm³/mol. The number of nitrogens with two attached hydrogens (primary N) is 1. The lowest BCUT2D eigenvalue weighted by Gasteiger charge is -2.34. The Kier molecular flexibility index (Phi) is 5.71. The van der Waals surface area contributed by atoms with Gasteiger partial charge in [-0.05, 0) is 38.3 Å². The lowest BCUT2D eigenvalue weighted by molar-refractivity contribution is -0.138. The highest BCUT2D eigenvalue weighted by atomic mass is 16.2. The number of aromatic nitrogens is 1. The molecular formula is C17H26N4O2. The fourth-order valence-corrected chi connectivity index (χ4v) is 2.67. The van der Waals surface area contributed by atoms with Crippen LogP contribution in [0.5, 0.6) is 0 Å². The van der Waals surface area contributed by atoms with Crippen LogP contribution in [0.4, 0.5) is 5.82 Å². The van der Waals surface area contributed by atoms with Crippen LogP contribution >= 0.6 is 0 Å². The van der Waals surface area contributed by atoms with Crippen molar-refractivity contribution in [3.8, 4) is 0 Å². The first-order chi connectivity index (χ1) is 10.9. The molecule has 1 aromatic rings. The van der Waals surface area contributed by atoms with Crippen LogP contribution < -0.4 is 11.1 Å². The van der Waals surface area contributed by atoms with Gasteiger partial charge in [0.25, 0.3) is 0 Å². The molecule has 0 spiro atoms. The van der Waals surface area contributed by atoms with Gasteiger partial charge in [0.2, 0.25) is 11.8 Å². The van der Waals surface area contributed by atoms with E-state index in [9.17, 15) is 9.59 Å². The summed E-state index contributed by atoms with van der Waals surface area (Å²) < 4.78 is 0. The van der Waals surface area contributed by atoms with E-state index < -0.39 is 0 Å². The first kappa shape index (κ1) is 17.4. The van der Waals surface area contributed by atoms with Crippen LogP contribution in [0.3, 0.4) is 0 Å². The number of rotatable bonds is 4. The third-order valence-corrected chi connectivity index (χ3v) is 4.44. The topological polar surface area (TPSA) is 88.3 Å². The summed E-state index contributed by atoms with van der Waals surface area (Å²) in [7, 11) is 0. The molecule has 2 amide bonds. The fraction of sp³-hybridized carbons (Fsp3) is 0.588. The summed E-state index contributed by atoms with van der Waals surface area (Å²) in [6, 6.07) is 3.51. The molecule has 2 rings (SSSR count). The van der Waals surface area contributed by atoms with Crippen molar-refractivity contribution in [3.63, 3.8) is 0 Å². The summed E-state index contributed by atoms with van der Waals surface area (Å²) in [5.41, 5.74) is 6.86. The van der Waals surface area contributed by atoms with Gasteiger partial charge in [-0.1, -0.05) is 13.0 Å². The van der Waals surface area contributed by atoms with Crippen LogP contribution in [0.2, 0.25) is 0 Å². The Hall–Kier alpha value is -1.95. The molecule has 1 aliphatic heterocycles. The SMILES string of the molecule is Cc1ccc(NC(=O)C2CCCN(C(=O)C(C)C(C)N)C2)nc1. The smallest absolute Gasteiger partial charge is 0.230 e. The van der Waals surface area contributed by atoms with E-state index >= 15 is 0 Å². The van der Waals surface area contributed by atoms with Gasteiger partial charge >= 0.3 is 0 Å². The Labute approximate surface area is 137 Å². The van der Waals surface area contributed by atoms with Crippen LogP contribution in [0.1, 0.15) is 32.3 Å². The van der Waals surface area contributed by atoms with Crippen LogP contribution in [0, 0.1) is 18.8 Å². The van der Waals surface area contributed by atoms with Crippen LogP contribution in [0.15, 0.2) is 18.3 Å². The molecule has 1 saturated heterocycles. The van der Waals surface area contributed by atoms with Crippen molar-refractivity contribution < 1.29 is 9.59 Å². The molecule has 126 valence electrons. The van der Waals surface area contributed by atoms with E-state index in [0.29, 0.717) is 18.9 Å². The van der Waals surface area contributed by atoms with E-state index in [-0.39, 0.29) is 29.7 Å². The molecule has 1 aromatic heterocycles. The van der Waals surface area contributed by atoms with Crippen LogP contribution in [-0.4, -0.2) is 40.8 Å². The van der Waals surface area contributed by atoms with Gasteiger partial charge in [0.05, 0.1) is 11.8 Å². The van der Waals surface area contributed by atoms with Crippen LogP contribution in [0.25, 0.3) is 0 Å². The Morgan fingerprint density at radius 3 is 2.74 bits per heavy atom. The second-order valence-electron chi connectivity index (χ2n) is 6.48. The zero-order chi connectivity index (χ0) is 17.0. The highest BCUT2D eigenvalue weighted by molar-refractivity contribution is 5.92. The highest BCUT2D eigenvalue weighted by Gasteiger charge is 2.31. The molecule has 3 N–H and O–H groups in total. The zero-order valence-electron chi connectivity index (χ0n) is 14.1. The summed E-state index contributed by atoms with van der Waals surface area (Å²) in [6.07, 6.45) is 3.33. The molecule has 0 aromatic carbocycles. The summed E-state index contributed by atoms with van der Waals surface area (Å²) in [4.78, 5) is 30.8. The number of anilines is 1. The lowest BCUT2D eigenvalue weighted by atomic mass is 9.94. The maximum Gasteiger partial charge on any atom is 0.230 e. The van der Waals surface area contributed by atoms with E-state index in [2.05, 4.69) is 10.3 Å². The van der Waals surface area contributed by atoms with E-state index in [1.807, 2.05) is 26.8 Å². The number of aryl methyl sites for hydroxylation is 1. The molecule has 6 nitrogen and oxygen atoms in total. The number of carbonyl (C=O) groups excluding carboxylic acids is 2. The summed E-state index contributed by atoms with van der Waals surface area (Å²) >= 11 is 0. The molecule has 0 radical (unpaired) electrons. The van der Waals surface area contributed by atoms with Gasteiger partial charge in [0.15, 0.2) is 0 Å². The molecule has 6 heteroatoms. The molecule has 23 heavy (non-hydrogen) atoms. The van der Waals surface area contributed by atoms with Crippen molar-refractivity contribution in [2.45, 2.75) is 39.7 Å². The number of amides is 2. The minimum atomic E-state index is -0.226. The number of nitrogens with one attached hydrogen (secondary N) is 1. The zero-order valence-corrected chi connectivity index (χ0v) is 14.1. The fourth-order valence-electron chi connectivity index (χ4n) is 2.67. The van der Waals surface area contributed by atoms with Crippen molar-refractivity contribution in [2.75, 3.05) is 18.4 Å². The Morgan fingerprint density at radius 1 is 1.39 bits per heavy atom. The number of pyridine rings is 1. The van der Waals surface area contributed by atoms with Crippen molar-refractivity contribution in [1.82, 2.24) is 9.88 Å².